The van der Waals surface area contributed by atoms with Crippen LogP contribution >= 0.6 is 0 Å². The molecule has 0 aliphatic heterocycles. The van der Waals surface area contributed by atoms with E-state index in [2.05, 4.69) is 10.6 Å². The Morgan fingerprint density at radius 1 is 0.909 bits per heavy atom. The van der Waals surface area contributed by atoms with Gasteiger partial charge in [0.1, 0.15) is 18.7 Å². The van der Waals surface area contributed by atoms with Gasteiger partial charge in [-0.2, -0.15) is 0 Å². The average molecular weight is 450 g/mol. The van der Waals surface area contributed by atoms with Gasteiger partial charge in [-0.1, -0.05) is 72.8 Å². The van der Waals surface area contributed by atoms with Crippen molar-refractivity contribution < 1.29 is 24.2 Å². The largest absolute Gasteiger partial charge is 0.445 e. The highest BCUT2D eigenvalue weighted by Gasteiger charge is 2.29. The Morgan fingerprint density at radius 2 is 1.58 bits per heavy atom. The Kier molecular flexibility index (Phi) is 7.99. The Bertz CT molecular complexity index is 1120. The first-order valence-corrected chi connectivity index (χ1v) is 10.6. The maximum Gasteiger partial charge on any atom is 0.408 e. The molecule has 33 heavy (non-hydrogen) atoms. The van der Waals surface area contributed by atoms with Crippen LogP contribution in [0.25, 0.3) is 10.8 Å². The number of benzene rings is 3. The molecule has 0 fully saturated rings. The highest BCUT2D eigenvalue weighted by Crippen LogP contribution is 2.17. The van der Waals surface area contributed by atoms with Crippen molar-refractivity contribution in [2.75, 3.05) is 0 Å². The molecule has 3 aromatic rings. The Balaban J connectivity index is 1.63. The highest BCUT2D eigenvalue weighted by atomic mass is 16.5. The van der Waals surface area contributed by atoms with E-state index in [1.54, 1.807) is 12.1 Å². The predicted molar refractivity (Wildman–Crippen MR) is 124 cm³/mol. The number of hydrogen-bond acceptors (Lipinski definition) is 5. The van der Waals surface area contributed by atoms with E-state index in [9.17, 15) is 19.5 Å². The van der Waals surface area contributed by atoms with Crippen LogP contribution in [-0.4, -0.2) is 41.2 Å². The van der Waals surface area contributed by atoms with Crippen LogP contribution < -0.4 is 16.4 Å². The predicted octanol–water partition coefficient (Wildman–Crippen LogP) is 2.03. The summed E-state index contributed by atoms with van der Waals surface area (Å²) in [6, 6.07) is 20.1. The molecule has 8 nitrogen and oxygen atoms in total. The molecule has 3 rings (SSSR count). The maximum atomic E-state index is 12.8. The monoisotopic (exact) mass is 449 g/mol. The molecular weight excluding hydrogens is 422 g/mol. The van der Waals surface area contributed by atoms with Crippen molar-refractivity contribution in [1.29, 1.82) is 0 Å². The molecule has 0 aromatic heterocycles. The molecule has 5 N–H and O–H groups in total. The molecule has 172 valence electrons. The van der Waals surface area contributed by atoms with E-state index in [4.69, 9.17) is 10.5 Å². The summed E-state index contributed by atoms with van der Waals surface area (Å²) in [5.41, 5.74) is 7.09. The van der Waals surface area contributed by atoms with Gasteiger partial charge in [0.25, 0.3) is 0 Å². The number of aliphatic hydroxyl groups excluding tert-OH is 1. The molecule has 0 bridgehead atoms. The first kappa shape index (κ1) is 23.7. The van der Waals surface area contributed by atoms with Gasteiger partial charge in [0.05, 0.1) is 6.10 Å². The van der Waals surface area contributed by atoms with E-state index in [0.717, 1.165) is 21.9 Å². The summed E-state index contributed by atoms with van der Waals surface area (Å²) < 4.78 is 5.12. The minimum absolute atomic E-state index is 0.00664. The van der Waals surface area contributed by atoms with E-state index in [-0.39, 0.29) is 13.0 Å². The van der Waals surface area contributed by atoms with Gasteiger partial charge >= 0.3 is 6.09 Å². The number of aliphatic hydroxyl groups is 1. The number of ether oxygens (including phenoxy) is 1. The molecule has 0 aliphatic carbocycles. The van der Waals surface area contributed by atoms with Crippen molar-refractivity contribution in [2.45, 2.75) is 38.1 Å². The summed E-state index contributed by atoms with van der Waals surface area (Å²) in [5, 5.41) is 16.9. The fraction of sp³-hybridized carbons (Fsp3) is 0.240. The Morgan fingerprint density at radius 3 is 2.24 bits per heavy atom. The van der Waals surface area contributed by atoms with Gasteiger partial charge in [-0.25, -0.2) is 4.79 Å². The van der Waals surface area contributed by atoms with Crippen LogP contribution in [0.5, 0.6) is 0 Å². The van der Waals surface area contributed by atoms with E-state index in [1.807, 2.05) is 60.7 Å². The second kappa shape index (κ2) is 11.1. The van der Waals surface area contributed by atoms with Gasteiger partial charge in [-0.15, -0.1) is 0 Å². The molecule has 0 radical (unpaired) electrons. The summed E-state index contributed by atoms with van der Waals surface area (Å²) >= 11 is 0. The summed E-state index contributed by atoms with van der Waals surface area (Å²) in [4.78, 5) is 36.9. The number of nitrogens with two attached hydrogens (primary N) is 1. The Labute approximate surface area is 191 Å². The van der Waals surface area contributed by atoms with Crippen molar-refractivity contribution in [2.24, 2.45) is 5.73 Å². The van der Waals surface area contributed by atoms with Gasteiger partial charge in [-0.05, 0) is 28.8 Å². The fourth-order valence-corrected chi connectivity index (χ4v) is 3.38. The van der Waals surface area contributed by atoms with Crippen LogP contribution in [-0.2, 0) is 27.4 Å². The van der Waals surface area contributed by atoms with Crippen LogP contribution in [0.2, 0.25) is 0 Å². The zero-order valence-electron chi connectivity index (χ0n) is 18.2. The van der Waals surface area contributed by atoms with Gasteiger partial charge in [-0.3, -0.25) is 9.59 Å². The fourth-order valence-electron chi connectivity index (χ4n) is 3.38. The summed E-state index contributed by atoms with van der Waals surface area (Å²) in [5.74, 6) is -1.47. The van der Waals surface area contributed by atoms with Crippen LogP contribution in [0.3, 0.4) is 0 Å². The zero-order valence-corrected chi connectivity index (χ0v) is 18.2. The number of alkyl carbamates (subject to hydrolysis) is 1. The molecule has 3 amide bonds. The second-order valence-corrected chi connectivity index (χ2v) is 7.77. The number of primary amides is 1. The van der Waals surface area contributed by atoms with E-state index in [1.165, 1.54) is 6.92 Å². The summed E-state index contributed by atoms with van der Waals surface area (Å²) in [6.07, 6.45) is -1.94. The maximum absolute atomic E-state index is 12.8. The van der Waals surface area contributed by atoms with Crippen molar-refractivity contribution in [3.05, 3.63) is 83.9 Å². The third-order valence-electron chi connectivity index (χ3n) is 5.16. The van der Waals surface area contributed by atoms with Crippen molar-refractivity contribution >= 4 is 28.7 Å². The molecule has 0 saturated heterocycles. The number of carbonyl (C=O) groups is 3. The number of nitrogens with one attached hydrogen (secondary N) is 2. The molecule has 0 unspecified atom stereocenters. The molecule has 0 spiro atoms. The topological polar surface area (TPSA) is 131 Å². The smallest absolute Gasteiger partial charge is 0.408 e. The average Bonchev–Trinajstić information content (AvgIpc) is 2.81. The first-order valence-electron chi connectivity index (χ1n) is 10.6. The van der Waals surface area contributed by atoms with E-state index >= 15 is 0 Å². The van der Waals surface area contributed by atoms with Gasteiger partial charge in [0.2, 0.25) is 11.8 Å². The lowest BCUT2D eigenvalue weighted by molar-refractivity contribution is -0.130. The molecule has 3 atom stereocenters. The van der Waals surface area contributed by atoms with Gasteiger partial charge < -0.3 is 26.2 Å². The van der Waals surface area contributed by atoms with E-state index in [0.29, 0.717) is 0 Å². The quantitative estimate of drug-likeness (QED) is 0.397. The van der Waals surface area contributed by atoms with Crippen LogP contribution in [0.15, 0.2) is 72.8 Å². The number of fused-ring (bicyclic) bond motifs is 1. The minimum atomic E-state index is -1.33. The Hall–Kier alpha value is -3.91. The standard InChI is InChI=1S/C25H27N3O5/c1-16(29)22(28-25(32)33-15-17-7-3-2-4-8-17)24(31)27-21(23(26)30)14-18-11-12-19-9-5-6-10-20(19)13-18/h2-13,16,21-22,29H,14-15H2,1H3,(H2,26,30)(H,27,31)(H,28,32)/t16-,21-,22+/m1/s1. The lowest BCUT2D eigenvalue weighted by Gasteiger charge is -2.23. The SMILES string of the molecule is C[C@@H](O)[C@H](NC(=O)OCc1ccccc1)C(=O)N[C@H](Cc1ccc2ccccc2c1)C(N)=O. The molecule has 0 saturated carbocycles. The number of hydrogen-bond donors (Lipinski definition) is 4. The lowest BCUT2D eigenvalue weighted by Crippen LogP contribution is -2.57. The number of rotatable bonds is 9. The van der Waals surface area contributed by atoms with Crippen molar-refractivity contribution in [3.63, 3.8) is 0 Å². The van der Waals surface area contributed by atoms with Crippen molar-refractivity contribution in [3.8, 4) is 0 Å². The van der Waals surface area contributed by atoms with Gasteiger partial charge in [0, 0.05) is 6.42 Å². The normalized spacial score (nSPS) is 13.5. The third kappa shape index (κ3) is 6.78. The van der Waals surface area contributed by atoms with Crippen LogP contribution in [0.1, 0.15) is 18.1 Å². The van der Waals surface area contributed by atoms with E-state index < -0.39 is 36.1 Å². The molecule has 0 aliphatic rings. The molecular formula is C25H27N3O5. The van der Waals surface area contributed by atoms with Gasteiger partial charge in [0.15, 0.2) is 0 Å². The molecule has 0 heterocycles. The summed E-state index contributed by atoms with van der Waals surface area (Å²) in [6.45, 7) is 1.36. The summed E-state index contributed by atoms with van der Waals surface area (Å²) in [7, 11) is 0. The zero-order chi connectivity index (χ0) is 23.8. The molecule has 3 aromatic carbocycles. The second-order valence-electron chi connectivity index (χ2n) is 7.77. The highest BCUT2D eigenvalue weighted by molar-refractivity contribution is 5.91. The van der Waals surface area contributed by atoms with Crippen LogP contribution in [0.4, 0.5) is 4.79 Å². The minimum Gasteiger partial charge on any atom is -0.445 e. The first-order chi connectivity index (χ1) is 15.8. The third-order valence-corrected chi connectivity index (χ3v) is 5.16. The number of amides is 3. The van der Waals surface area contributed by atoms with Crippen molar-refractivity contribution in [1.82, 2.24) is 10.6 Å². The lowest BCUT2D eigenvalue weighted by atomic mass is 10.0. The van der Waals surface area contributed by atoms with Crippen LogP contribution in [0, 0.1) is 0 Å². The number of carbonyl (C=O) groups excluding carboxylic acids is 3. The molecule has 8 heteroatoms.